The first kappa shape index (κ1) is 14.2. The maximum absolute atomic E-state index is 6.04. The normalized spacial score (nSPS) is 11.0. The molecule has 3 aromatic rings. The van der Waals surface area contributed by atoms with Crippen LogP contribution < -0.4 is 5.73 Å². The predicted molar refractivity (Wildman–Crippen MR) is 84.9 cm³/mol. The minimum absolute atomic E-state index is 0.369. The summed E-state index contributed by atoms with van der Waals surface area (Å²) in [6.07, 6.45) is 0. The number of rotatable bonds is 4. The quantitative estimate of drug-likeness (QED) is 0.549. The zero-order valence-electron chi connectivity index (χ0n) is 11.2. The Balaban J connectivity index is 1.72. The van der Waals surface area contributed by atoms with Gasteiger partial charge in [0.2, 0.25) is 5.89 Å². The lowest BCUT2D eigenvalue weighted by atomic mass is 10.2. The number of para-hydroxylation sites is 1. The summed E-state index contributed by atoms with van der Waals surface area (Å²) in [5.74, 6) is 2.00. The summed E-state index contributed by atoms with van der Waals surface area (Å²) in [7, 11) is 0. The third-order valence-electron chi connectivity index (χ3n) is 2.89. The van der Waals surface area contributed by atoms with Crippen molar-refractivity contribution in [1.29, 1.82) is 0 Å². The number of nitrogens with zero attached hydrogens (tertiary/aromatic N) is 2. The van der Waals surface area contributed by atoms with Crippen LogP contribution in [-0.4, -0.2) is 10.2 Å². The maximum atomic E-state index is 6.04. The Morgan fingerprint density at radius 1 is 1.19 bits per heavy atom. The van der Waals surface area contributed by atoms with Gasteiger partial charge in [-0.3, -0.25) is 0 Å². The van der Waals surface area contributed by atoms with E-state index in [0.717, 1.165) is 16.1 Å². The number of halogens is 1. The van der Waals surface area contributed by atoms with Crippen molar-refractivity contribution >= 4 is 33.4 Å². The fourth-order valence-electron chi connectivity index (χ4n) is 1.76. The van der Waals surface area contributed by atoms with E-state index in [4.69, 9.17) is 14.6 Å². The molecule has 7 heteroatoms. The highest BCUT2D eigenvalue weighted by Gasteiger charge is 2.13. The molecule has 3 rings (SSSR count). The number of hydrogen-bond acceptors (Lipinski definition) is 6. The van der Waals surface area contributed by atoms with Gasteiger partial charge in [0.25, 0.3) is 5.89 Å². The summed E-state index contributed by atoms with van der Waals surface area (Å²) >= 11 is 4.80. The van der Waals surface area contributed by atoms with Crippen molar-refractivity contribution in [2.75, 3.05) is 5.73 Å². The second-order valence-electron chi connectivity index (χ2n) is 4.38. The van der Waals surface area contributed by atoms with Crippen molar-refractivity contribution in [1.82, 2.24) is 10.2 Å². The molecule has 0 saturated carbocycles. The molecule has 0 amide bonds. The van der Waals surface area contributed by atoms with Crippen LogP contribution in [0.2, 0.25) is 0 Å². The van der Waals surface area contributed by atoms with Crippen LogP contribution in [-0.2, 0) is 5.75 Å². The van der Waals surface area contributed by atoms with Gasteiger partial charge in [-0.1, -0.05) is 12.1 Å². The molecule has 0 bridgehead atoms. The Bertz CT molecular complexity index is 769. The van der Waals surface area contributed by atoms with Crippen molar-refractivity contribution in [3.05, 3.63) is 46.5 Å². The van der Waals surface area contributed by atoms with Gasteiger partial charge in [-0.05, 0) is 46.6 Å². The first-order chi connectivity index (χ1) is 10.1. The minimum Gasteiger partial charge on any atom is -0.444 e. The highest BCUT2D eigenvalue weighted by Crippen LogP contribution is 2.31. The Kier molecular flexibility index (Phi) is 4.03. The van der Waals surface area contributed by atoms with Crippen LogP contribution in [0.4, 0.5) is 5.69 Å². The lowest BCUT2D eigenvalue weighted by Gasteiger charge is -2.05. The van der Waals surface area contributed by atoms with Crippen LogP contribution in [0.3, 0.4) is 0 Å². The van der Waals surface area contributed by atoms with Crippen molar-refractivity contribution in [2.45, 2.75) is 17.6 Å². The smallest absolute Gasteiger partial charge is 0.283 e. The number of anilines is 1. The second kappa shape index (κ2) is 5.95. The molecule has 1 aromatic carbocycles. The second-order valence-corrected chi connectivity index (χ2v) is 6.18. The van der Waals surface area contributed by atoms with Gasteiger partial charge in [0.15, 0.2) is 10.4 Å². The van der Waals surface area contributed by atoms with E-state index in [2.05, 4.69) is 26.1 Å². The third-order valence-corrected chi connectivity index (χ3v) is 4.37. The number of aryl methyl sites for hydroxylation is 1. The first-order valence-corrected chi connectivity index (χ1v) is 7.97. The number of thioether (sulfide) groups is 1. The van der Waals surface area contributed by atoms with E-state index >= 15 is 0 Å². The van der Waals surface area contributed by atoms with Crippen LogP contribution >= 0.6 is 27.7 Å². The molecular formula is C14H12BrN3O2S. The zero-order chi connectivity index (χ0) is 14.8. The molecule has 0 aliphatic rings. The molecule has 0 fully saturated rings. The molecule has 0 atom stereocenters. The fraction of sp³-hybridized carbons (Fsp3) is 0.143. The maximum Gasteiger partial charge on any atom is 0.283 e. The molecule has 5 nitrogen and oxygen atoms in total. The summed E-state index contributed by atoms with van der Waals surface area (Å²) in [5, 5.41) is 7.99. The van der Waals surface area contributed by atoms with E-state index in [9.17, 15) is 0 Å². The van der Waals surface area contributed by atoms with Crippen molar-refractivity contribution < 1.29 is 8.83 Å². The number of furan rings is 1. The number of nitrogen functional groups attached to an aromatic ring is 1. The van der Waals surface area contributed by atoms with Crippen LogP contribution in [0, 0.1) is 6.92 Å². The monoisotopic (exact) mass is 365 g/mol. The molecule has 0 radical (unpaired) electrons. The van der Waals surface area contributed by atoms with Crippen LogP contribution in [0.15, 0.2) is 48.7 Å². The Morgan fingerprint density at radius 2 is 2.05 bits per heavy atom. The summed E-state index contributed by atoms with van der Waals surface area (Å²) in [6, 6.07) is 9.50. The molecule has 2 heterocycles. The molecule has 0 saturated heterocycles. The van der Waals surface area contributed by atoms with Crippen LogP contribution in [0.5, 0.6) is 0 Å². The molecule has 2 aromatic heterocycles. The van der Waals surface area contributed by atoms with Crippen molar-refractivity contribution in [2.24, 2.45) is 0 Å². The molecule has 0 aliphatic heterocycles. The van der Waals surface area contributed by atoms with Gasteiger partial charge in [0.05, 0.1) is 5.75 Å². The minimum atomic E-state index is 0.369. The van der Waals surface area contributed by atoms with E-state index in [1.54, 1.807) is 23.9 Å². The summed E-state index contributed by atoms with van der Waals surface area (Å²) < 4.78 is 11.6. The van der Waals surface area contributed by atoms with Gasteiger partial charge in [0, 0.05) is 10.6 Å². The average Bonchev–Trinajstić information content (AvgIpc) is 3.09. The average molecular weight is 366 g/mol. The van der Waals surface area contributed by atoms with Crippen LogP contribution in [0.1, 0.15) is 11.5 Å². The summed E-state index contributed by atoms with van der Waals surface area (Å²) in [4.78, 5) is 1.01. The van der Waals surface area contributed by atoms with E-state index in [0.29, 0.717) is 28.0 Å². The number of hydrogen-bond donors (Lipinski definition) is 1. The number of benzene rings is 1. The van der Waals surface area contributed by atoms with Gasteiger partial charge < -0.3 is 14.6 Å². The zero-order valence-corrected chi connectivity index (χ0v) is 13.6. The van der Waals surface area contributed by atoms with Crippen molar-refractivity contribution in [3.8, 4) is 11.7 Å². The SMILES string of the molecule is Cc1cccc(SCc2nnc(-c3ccc(Br)o3)o2)c1N. The molecule has 0 spiro atoms. The van der Waals surface area contributed by atoms with E-state index in [1.165, 1.54) is 0 Å². The fourth-order valence-corrected chi connectivity index (χ4v) is 2.95. The highest BCUT2D eigenvalue weighted by molar-refractivity contribution is 9.10. The van der Waals surface area contributed by atoms with Crippen LogP contribution in [0.25, 0.3) is 11.7 Å². The first-order valence-electron chi connectivity index (χ1n) is 6.19. The highest BCUT2D eigenvalue weighted by atomic mass is 79.9. The van der Waals surface area contributed by atoms with Gasteiger partial charge in [-0.25, -0.2) is 0 Å². The van der Waals surface area contributed by atoms with Crippen molar-refractivity contribution in [3.63, 3.8) is 0 Å². The molecular weight excluding hydrogens is 354 g/mol. The Morgan fingerprint density at radius 3 is 2.81 bits per heavy atom. The third kappa shape index (κ3) is 3.14. The predicted octanol–water partition coefficient (Wildman–Crippen LogP) is 4.28. The molecule has 108 valence electrons. The molecule has 0 unspecified atom stereocenters. The van der Waals surface area contributed by atoms with Gasteiger partial charge in [0.1, 0.15) is 0 Å². The van der Waals surface area contributed by atoms with Gasteiger partial charge >= 0.3 is 0 Å². The van der Waals surface area contributed by atoms with E-state index in [-0.39, 0.29) is 0 Å². The largest absolute Gasteiger partial charge is 0.444 e. The van der Waals surface area contributed by atoms with E-state index < -0.39 is 0 Å². The van der Waals surface area contributed by atoms with E-state index in [1.807, 2.05) is 25.1 Å². The Hall–Kier alpha value is -1.73. The lowest BCUT2D eigenvalue weighted by molar-refractivity contribution is 0.486. The number of aromatic nitrogens is 2. The summed E-state index contributed by atoms with van der Waals surface area (Å²) in [5.41, 5.74) is 7.89. The van der Waals surface area contributed by atoms with Gasteiger partial charge in [-0.2, -0.15) is 0 Å². The number of nitrogens with two attached hydrogens (primary N) is 1. The molecule has 2 N–H and O–H groups in total. The Labute approximate surface area is 134 Å². The van der Waals surface area contributed by atoms with Gasteiger partial charge in [-0.15, -0.1) is 22.0 Å². The molecule has 0 aliphatic carbocycles. The molecule has 21 heavy (non-hydrogen) atoms. The standard InChI is InChI=1S/C14H12BrN3O2S/c1-8-3-2-4-10(13(8)16)21-7-12-17-18-14(20-12)9-5-6-11(15)19-9/h2-6H,7,16H2,1H3. The topological polar surface area (TPSA) is 78.1 Å². The lowest BCUT2D eigenvalue weighted by Crippen LogP contribution is -1.92. The summed E-state index contributed by atoms with van der Waals surface area (Å²) in [6.45, 7) is 1.99.